The van der Waals surface area contributed by atoms with Gasteiger partial charge in [-0.25, -0.2) is 4.79 Å². The lowest BCUT2D eigenvalue weighted by Gasteiger charge is -2.36. The second-order valence-electron chi connectivity index (χ2n) is 6.47. The third-order valence-corrected chi connectivity index (χ3v) is 5.75. The van der Waals surface area contributed by atoms with Crippen LogP contribution in [0.15, 0.2) is 0 Å². The number of likely N-dealkylation sites (tertiary alicyclic amines) is 1. The number of esters is 1. The number of aryl methyl sites for hydroxylation is 1. The summed E-state index contributed by atoms with van der Waals surface area (Å²) >= 11 is 7.18. The maximum Gasteiger partial charge on any atom is 0.341 e. The predicted octanol–water partition coefficient (Wildman–Crippen LogP) is 4.08. The fraction of sp³-hybridized carbons (Fsp3) is 0.647. The van der Waals surface area contributed by atoms with Gasteiger partial charge >= 0.3 is 5.97 Å². The van der Waals surface area contributed by atoms with Crippen LogP contribution < -0.4 is 5.32 Å². The van der Waals surface area contributed by atoms with Gasteiger partial charge in [0.05, 0.1) is 12.7 Å². The van der Waals surface area contributed by atoms with Crippen LogP contribution >= 0.6 is 23.6 Å². The van der Waals surface area contributed by atoms with Crippen molar-refractivity contribution in [3.8, 4) is 0 Å². The molecule has 2 heterocycles. The van der Waals surface area contributed by atoms with Crippen LogP contribution in [-0.2, 0) is 11.2 Å². The summed E-state index contributed by atoms with van der Waals surface area (Å²) in [5.74, 6) is 0.974. The molecule has 0 aliphatic carbocycles. The molecule has 4 nitrogen and oxygen atoms in total. The van der Waals surface area contributed by atoms with E-state index in [2.05, 4.69) is 31.0 Å². The molecule has 0 bridgehead atoms. The van der Waals surface area contributed by atoms with E-state index < -0.39 is 0 Å². The Bertz CT molecular complexity index is 588. The predicted molar refractivity (Wildman–Crippen MR) is 101 cm³/mol. The van der Waals surface area contributed by atoms with Crippen LogP contribution in [0.2, 0.25) is 0 Å². The SMILES string of the molecule is CCc1c(C)sc(NC(=S)N2C[C@H](C)C[C@H](C)C2)c1C(=O)OC. The largest absolute Gasteiger partial charge is 0.465 e. The van der Waals surface area contributed by atoms with Crippen LogP contribution in [0.4, 0.5) is 5.00 Å². The van der Waals surface area contributed by atoms with Crippen LogP contribution in [0, 0.1) is 18.8 Å². The summed E-state index contributed by atoms with van der Waals surface area (Å²) < 4.78 is 4.96. The van der Waals surface area contributed by atoms with Gasteiger partial charge in [-0.2, -0.15) is 0 Å². The van der Waals surface area contributed by atoms with E-state index in [4.69, 9.17) is 17.0 Å². The number of nitrogens with one attached hydrogen (secondary N) is 1. The fourth-order valence-corrected chi connectivity index (χ4v) is 4.86. The van der Waals surface area contributed by atoms with Gasteiger partial charge in [0.1, 0.15) is 5.00 Å². The Hall–Kier alpha value is -1.14. The molecule has 1 aliphatic heterocycles. The number of methoxy groups -OCH3 is 1. The van der Waals surface area contributed by atoms with E-state index in [1.54, 1.807) is 11.3 Å². The molecule has 0 unspecified atom stereocenters. The average molecular weight is 355 g/mol. The molecule has 1 aromatic heterocycles. The molecule has 23 heavy (non-hydrogen) atoms. The number of piperidine rings is 1. The van der Waals surface area contributed by atoms with E-state index in [0.29, 0.717) is 22.5 Å². The molecular weight excluding hydrogens is 328 g/mol. The van der Waals surface area contributed by atoms with Crippen molar-refractivity contribution >= 4 is 39.6 Å². The zero-order valence-electron chi connectivity index (χ0n) is 14.6. The molecule has 1 saturated heterocycles. The Morgan fingerprint density at radius 2 is 2.00 bits per heavy atom. The smallest absolute Gasteiger partial charge is 0.341 e. The van der Waals surface area contributed by atoms with Gasteiger partial charge in [0.2, 0.25) is 0 Å². The van der Waals surface area contributed by atoms with Gasteiger partial charge in [0.25, 0.3) is 0 Å². The van der Waals surface area contributed by atoms with Crippen molar-refractivity contribution in [1.82, 2.24) is 4.90 Å². The molecule has 0 amide bonds. The van der Waals surface area contributed by atoms with E-state index >= 15 is 0 Å². The van der Waals surface area contributed by atoms with Gasteiger partial charge in [-0.05, 0) is 49.4 Å². The minimum Gasteiger partial charge on any atom is -0.465 e. The Labute approximate surface area is 148 Å². The maximum atomic E-state index is 12.2. The first-order valence-electron chi connectivity index (χ1n) is 8.13. The van der Waals surface area contributed by atoms with Crippen LogP contribution in [0.25, 0.3) is 0 Å². The monoisotopic (exact) mass is 354 g/mol. The van der Waals surface area contributed by atoms with Gasteiger partial charge < -0.3 is 15.0 Å². The van der Waals surface area contributed by atoms with Crippen LogP contribution in [0.1, 0.15) is 48.0 Å². The van der Waals surface area contributed by atoms with Gasteiger partial charge in [-0.3, -0.25) is 0 Å². The second kappa shape index (κ2) is 7.62. The minimum absolute atomic E-state index is 0.295. The molecule has 0 saturated carbocycles. The Balaban J connectivity index is 2.22. The van der Waals surface area contributed by atoms with Crippen molar-refractivity contribution in [2.45, 2.75) is 40.5 Å². The third-order valence-electron chi connectivity index (χ3n) is 4.33. The summed E-state index contributed by atoms with van der Waals surface area (Å²) in [5, 5.41) is 4.82. The molecular formula is C17H26N2O2S2. The zero-order chi connectivity index (χ0) is 17.1. The van der Waals surface area contributed by atoms with Crippen molar-refractivity contribution in [2.75, 3.05) is 25.5 Å². The lowest BCUT2D eigenvalue weighted by Crippen LogP contribution is -2.44. The summed E-state index contributed by atoms with van der Waals surface area (Å²) in [5.41, 5.74) is 1.69. The quantitative estimate of drug-likeness (QED) is 0.654. The molecule has 1 N–H and O–H groups in total. The summed E-state index contributed by atoms with van der Waals surface area (Å²) in [6, 6.07) is 0. The van der Waals surface area contributed by atoms with Crippen LogP contribution in [0.3, 0.4) is 0 Å². The molecule has 2 rings (SSSR count). The number of nitrogens with zero attached hydrogens (tertiary/aromatic N) is 1. The van der Waals surface area contributed by atoms with E-state index in [0.717, 1.165) is 35.0 Å². The minimum atomic E-state index is -0.295. The highest BCUT2D eigenvalue weighted by molar-refractivity contribution is 7.80. The van der Waals surface area contributed by atoms with E-state index in [1.165, 1.54) is 13.5 Å². The van der Waals surface area contributed by atoms with E-state index in [9.17, 15) is 4.79 Å². The van der Waals surface area contributed by atoms with Crippen molar-refractivity contribution in [3.63, 3.8) is 0 Å². The van der Waals surface area contributed by atoms with Gasteiger partial charge in [0, 0.05) is 18.0 Å². The van der Waals surface area contributed by atoms with Gasteiger partial charge in [-0.1, -0.05) is 20.8 Å². The molecule has 0 aromatic carbocycles. The van der Waals surface area contributed by atoms with Crippen LogP contribution in [0.5, 0.6) is 0 Å². The first kappa shape index (κ1) is 18.2. The standard InChI is InChI=1S/C17H26N2O2S2/c1-6-13-12(4)23-15(14(13)16(20)21-5)18-17(22)19-8-10(2)7-11(3)9-19/h10-11H,6-9H2,1-5H3,(H,18,22)/t10-,11+. The Morgan fingerprint density at radius 3 is 2.52 bits per heavy atom. The van der Waals surface area contributed by atoms with Crippen LogP contribution in [-0.4, -0.2) is 36.2 Å². The lowest BCUT2D eigenvalue weighted by atomic mass is 9.92. The second-order valence-corrected chi connectivity index (χ2v) is 8.08. The highest BCUT2D eigenvalue weighted by Crippen LogP contribution is 2.34. The van der Waals surface area contributed by atoms with Crippen molar-refractivity contribution in [2.24, 2.45) is 11.8 Å². The molecule has 0 radical (unpaired) electrons. The third kappa shape index (κ3) is 4.04. The highest BCUT2D eigenvalue weighted by atomic mass is 32.1. The fourth-order valence-electron chi connectivity index (χ4n) is 3.42. The number of rotatable bonds is 3. The maximum absolute atomic E-state index is 12.2. The zero-order valence-corrected chi connectivity index (χ0v) is 16.2. The van der Waals surface area contributed by atoms with Crippen molar-refractivity contribution in [3.05, 3.63) is 16.0 Å². The normalized spacial score (nSPS) is 21.2. The van der Waals surface area contributed by atoms with Crippen molar-refractivity contribution in [1.29, 1.82) is 0 Å². The molecule has 0 spiro atoms. The summed E-state index contributed by atoms with van der Waals surface area (Å²) in [6.45, 7) is 10.5. The molecule has 6 heteroatoms. The number of thiocarbonyl (C=S) groups is 1. The molecule has 128 valence electrons. The first-order chi connectivity index (χ1) is 10.9. The van der Waals surface area contributed by atoms with Gasteiger partial charge in [-0.15, -0.1) is 11.3 Å². The average Bonchev–Trinajstić information content (AvgIpc) is 2.80. The highest BCUT2D eigenvalue weighted by Gasteiger charge is 2.26. The molecule has 1 aromatic rings. The number of anilines is 1. The number of carbonyl (C=O) groups excluding carboxylic acids is 1. The Kier molecular flexibility index (Phi) is 6.03. The van der Waals surface area contributed by atoms with E-state index in [-0.39, 0.29) is 5.97 Å². The summed E-state index contributed by atoms with van der Waals surface area (Å²) in [4.78, 5) is 15.5. The number of ether oxygens (including phenoxy) is 1. The molecule has 1 fully saturated rings. The van der Waals surface area contributed by atoms with E-state index in [1.807, 2.05) is 6.92 Å². The van der Waals surface area contributed by atoms with Gasteiger partial charge in [0.15, 0.2) is 5.11 Å². The topological polar surface area (TPSA) is 41.6 Å². The molecule has 2 atom stereocenters. The number of hydrogen-bond acceptors (Lipinski definition) is 4. The summed E-state index contributed by atoms with van der Waals surface area (Å²) in [7, 11) is 1.42. The Morgan fingerprint density at radius 1 is 1.39 bits per heavy atom. The summed E-state index contributed by atoms with van der Waals surface area (Å²) in [6.07, 6.45) is 2.05. The lowest BCUT2D eigenvalue weighted by molar-refractivity contribution is 0.0601. The van der Waals surface area contributed by atoms with Crippen molar-refractivity contribution < 1.29 is 9.53 Å². The first-order valence-corrected chi connectivity index (χ1v) is 9.36. The molecule has 1 aliphatic rings. The number of carbonyl (C=O) groups is 1. The number of thiophene rings is 1. The number of hydrogen-bond donors (Lipinski definition) is 1.